The number of nitriles is 1. The van der Waals surface area contributed by atoms with Crippen LogP contribution >= 0.6 is 0 Å². The van der Waals surface area contributed by atoms with E-state index in [-0.39, 0.29) is 18.3 Å². The number of hydrogen-bond donors (Lipinski definition) is 1. The van der Waals surface area contributed by atoms with E-state index in [1.54, 1.807) is 12.1 Å². The summed E-state index contributed by atoms with van der Waals surface area (Å²) in [5, 5.41) is 18.9. The van der Waals surface area contributed by atoms with Crippen molar-refractivity contribution >= 4 is 0 Å². The quantitative estimate of drug-likeness (QED) is 0.848. The van der Waals surface area contributed by atoms with Crippen molar-refractivity contribution in [2.75, 3.05) is 19.6 Å². The zero-order chi connectivity index (χ0) is 18.4. The Bertz CT molecular complexity index is 761. The van der Waals surface area contributed by atoms with Crippen LogP contribution in [-0.4, -0.2) is 29.6 Å². The van der Waals surface area contributed by atoms with E-state index >= 15 is 0 Å². The zero-order valence-electron chi connectivity index (χ0n) is 15.0. The molecular weight excluding hydrogens is 327 g/mol. The second kappa shape index (κ2) is 8.93. The summed E-state index contributed by atoms with van der Waals surface area (Å²) < 4.78 is 13.4. The largest absolute Gasteiger partial charge is 0.392 e. The van der Waals surface area contributed by atoms with Gasteiger partial charge in [0.05, 0.1) is 18.2 Å². The molecule has 0 bridgehead atoms. The number of benzene rings is 2. The Morgan fingerprint density at radius 3 is 2.46 bits per heavy atom. The number of likely N-dealkylation sites (tertiary alicyclic amines) is 1. The van der Waals surface area contributed by atoms with Gasteiger partial charge in [-0.15, -0.1) is 0 Å². The molecule has 0 aliphatic carbocycles. The first-order valence-corrected chi connectivity index (χ1v) is 9.33. The van der Waals surface area contributed by atoms with Crippen molar-refractivity contribution < 1.29 is 9.50 Å². The normalized spacial score (nSPS) is 16.2. The third-order valence-electron chi connectivity index (χ3n) is 5.27. The van der Waals surface area contributed by atoms with Crippen molar-refractivity contribution in [2.45, 2.75) is 38.2 Å². The molecule has 1 atom stereocenters. The minimum Gasteiger partial charge on any atom is -0.392 e. The Morgan fingerprint density at radius 1 is 1.08 bits per heavy atom. The predicted octanol–water partition coefficient (Wildman–Crippen LogP) is 4.20. The number of hydrogen-bond acceptors (Lipinski definition) is 3. The molecule has 0 spiro atoms. The first-order valence-electron chi connectivity index (χ1n) is 9.33. The summed E-state index contributed by atoms with van der Waals surface area (Å²) in [4.78, 5) is 2.49. The van der Waals surface area contributed by atoms with Crippen LogP contribution in [0.3, 0.4) is 0 Å². The van der Waals surface area contributed by atoms with Gasteiger partial charge < -0.3 is 10.0 Å². The first-order chi connectivity index (χ1) is 12.7. The molecular formula is C22H25FN2O. The monoisotopic (exact) mass is 352 g/mol. The molecule has 1 unspecified atom stereocenters. The molecule has 136 valence electrons. The molecule has 0 radical (unpaired) electrons. The lowest BCUT2D eigenvalue weighted by molar-refractivity contribution is 0.223. The van der Waals surface area contributed by atoms with Gasteiger partial charge in [0, 0.05) is 5.92 Å². The molecule has 1 aliphatic rings. The van der Waals surface area contributed by atoms with Gasteiger partial charge in [-0.3, -0.25) is 0 Å². The van der Waals surface area contributed by atoms with Crippen molar-refractivity contribution in [3.8, 4) is 6.07 Å². The summed E-state index contributed by atoms with van der Waals surface area (Å²) in [5.74, 6) is -0.168. The van der Waals surface area contributed by atoms with E-state index in [9.17, 15) is 9.50 Å². The fourth-order valence-corrected chi connectivity index (χ4v) is 3.84. The van der Waals surface area contributed by atoms with Crippen LogP contribution in [0.25, 0.3) is 0 Å². The van der Waals surface area contributed by atoms with Crippen molar-refractivity contribution in [3.63, 3.8) is 0 Å². The second-order valence-corrected chi connectivity index (χ2v) is 6.98. The van der Waals surface area contributed by atoms with E-state index in [2.05, 4.69) is 11.0 Å². The maximum absolute atomic E-state index is 13.4. The Kier molecular flexibility index (Phi) is 6.38. The molecule has 1 saturated heterocycles. The molecule has 0 amide bonds. The van der Waals surface area contributed by atoms with Crippen molar-refractivity contribution in [3.05, 3.63) is 70.5 Å². The van der Waals surface area contributed by atoms with Crippen LogP contribution in [0.5, 0.6) is 0 Å². The fraction of sp³-hybridized carbons (Fsp3) is 0.409. The van der Waals surface area contributed by atoms with Gasteiger partial charge >= 0.3 is 0 Å². The van der Waals surface area contributed by atoms with Crippen LogP contribution in [0.4, 0.5) is 4.39 Å². The molecule has 3 rings (SSSR count). The van der Waals surface area contributed by atoms with Crippen LogP contribution in [0.15, 0.2) is 42.5 Å². The van der Waals surface area contributed by atoms with Gasteiger partial charge in [0.25, 0.3) is 0 Å². The van der Waals surface area contributed by atoms with Crippen molar-refractivity contribution in [2.24, 2.45) is 0 Å². The smallest absolute Gasteiger partial charge is 0.123 e. The first kappa shape index (κ1) is 18.6. The molecule has 2 aromatic rings. The molecule has 1 N–H and O–H groups in total. The average molecular weight is 352 g/mol. The van der Waals surface area contributed by atoms with Gasteiger partial charge in [0.2, 0.25) is 0 Å². The third kappa shape index (κ3) is 4.49. The summed E-state index contributed by atoms with van der Waals surface area (Å²) in [6.45, 7) is 3.14. The Morgan fingerprint density at radius 2 is 1.81 bits per heavy atom. The van der Waals surface area contributed by atoms with Crippen LogP contribution in [0.2, 0.25) is 0 Å². The molecule has 0 saturated carbocycles. The highest BCUT2D eigenvalue weighted by molar-refractivity contribution is 5.43. The fourth-order valence-electron chi connectivity index (χ4n) is 3.84. The number of aliphatic hydroxyl groups is 1. The molecule has 2 aromatic carbocycles. The number of aliphatic hydroxyl groups excluding tert-OH is 1. The van der Waals surface area contributed by atoms with E-state index in [4.69, 9.17) is 5.26 Å². The van der Waals surface area contributed by atoms with Gasteiger partial charge in [-0.1, -0.05) is 24.6 Å². The predicted molar refractivity (Wildman–Crippen MR) is 100 cm³/mol. The van der Waals surface area contributed by atoms with Gasteiger partial charge in [-0.2, -0.15) is 5.26 Å². The summed E-state index contributed by atoms with van der Waals surface area (Å²) in [5.41, 5.74) is 3.39. The van der Waals surface area contributed by atoms with E-state index in [1.165, 1.54) is 31.4 Å². The third-order valence-corrected chi connectivity index (χ3v) is 5.27. The van der Waals surface area contributed by atoms with Crippen molar-refractivity contribution in [1.29, 1.82) is 5.26 Å². The van der Waals surface area contributed by atoms with Gasteiger partial charge in [0.1, 0.15) is 5.82 Å². The summed E-state index contributed by atoms with van der Waals surface area (Å²) >= 11 is 0. The second-order valence-electron chi connectivity index (χ2n) is 6.98. The lowest BCUT2D eigenvalue weighted by Gasteiger charge is -2.29. The van der Waals surface area contributed by atoms with Crippen molar-refractivity contribution in [1.82, 2.24) is 4.90 Å². The lowest BCUT2D eigenvalue weighted by Crippen LogP contribution is -2.31. The molecule has 1 aliphatic heterocycles. The van der Waals surface area contributed by atoms with Crippen LogP contribution in [0, 0.1) is 17.1 Å². The highest BCUT2D eigenvalue weighted by atomic mass is 19.1. The molecule has 3 nitrogen and oxygen atoms in total. The molecule has 4 heteroatoms. The topological polar surface area (TPSA) is 47.3 Å². The highest BCUT2D eigenvalue weighted by Crippen LogP contribution is 2.32. The maximum Gasteiger partial charge on any atom is 0.123 e. The minimum absolute atomic E-state index is 0.0763. The Balaban J connectivity index is 1.89. The number of rotatable bonds is 6. The summed E-state index contributed by atoms with van der Waals surface area (Å²) in [6, 6.07) is 14.3. The van der Waals surface area contributed by atoms with E-state index in [1.807, 2.05) is 18.2 Å². The molecule has 26 heavy (non-hydrogen) atoms. The Hall–Kier alpha value is -2.22. The molecule has 0 aromatic heterocycles. The van der Waals surface area contributed by atoms with Gasteiger partial charge in [0.15, 0.2) is 0 Å². The standard InChI is InChI=1S/C22H25FN2O/c23-20-7-5-18(6-8-20)22(10-13-25-11-2-1-3-12-25)21-9-4-17(15-24)14-19(21)16-26/h4-9,14,22,26H,1-3,10-13,16H2. The van der Waals surface area contributed by atoms with E-state index in [0.29, 0.717) is 5.56 Å². The minimum atomic E-state index is -0.245. The van der Waals surface area contributed by atoms with Gasteiger partial charge in [-0.25, -0.2) is 4.39 Å². The zero-order valence-corrected chi connectivity index (χ0v) is 15.0. The maximum atomic E-state index is 13.4. The van der Waals surface area contributed by atoms with Crippen LogP contribution in [0.1, 0.15) is 53.9 Å². The summed E-state index contributed by atoms with van der Waals surface area (Å²) in [7, 11) is 0. The lowest BCUT2D eigenvalue weighted by atomic mass is 9.85. The average Bonchev–Trinajstić information content (AvgIpc) is 2.70. The van der Waals surface area contributed by atoms with Crippen LogP contribution < -0.4 is 0 Å². The number of nitrogens with zero attached hydrogens (tertiary/aromatic N) is 2. The summed E-state index contributed by atoms with van der Waals surface area (Å²) in [6.07, 6.45) is 4.71. The SMILES string of the molecule is N#Cc1ccc(C(CCN2CCCCC2)c2ccc(F)cc2)c(CO)c1. The van der Waals surface area contributed by atoms with E-state index in [0.717, 1.165) is 42.7 Å². The molecule has 1 fully saturated rings. The number of piperidine rings is 1. The highest BCUT2D eigenvalue weighted by Gasteiger charge is 2.20. The van der Waals surface area contributed by atoms with E-state index < -0.39 is 0 Å². The Labute approximate surface area is 154 Å². The van der Waals surface area contributed by atoms with Gasteiger partial charge in [-0.05, 0) is 79.9 Å². The molecule has 1 heterocycles. The van der Waals surface area contributed by atoms with Crippen LogP contribution in [-0.2, 0) is 6.61 Å². The number of halogens is 1.